The predicted octanol–water partition coefficient (Wildman–Crippen LogP) is 5.16. The molecule has 180 valence electrons. The van der Waals surface area contributed by atoms with Crippen LogP contribution in [0.5, 0.6) is 0 Å². The van der Waals surface area contributed by atoms with E-state index in [2.05, 4.69) is 20.0 Å². The molecule has 2 N–H and O–H groups in total. The van der Waals surface area contributed by atoms with Gasteiger partial charge in [-0.3, -0.25) is 19.5 Å². The molecule has 0 radical (unpaired) electrons. The minimum atomic E-state index is -4.19. The lowest BCUT2D eigenvalue weighted by molar-refractivity contribution is -0.117. The molecule has 2 aromatic carbocycles. The largest absolute Gasteiger partial charge is 0.345 e. The fourth-order valence-electron chi connectivity index (χ4n) is 3.56. The van der Waals surface area contributed by atoms with Gasteiger partial charge in [-0.15, -0.1) is 0 Å². The number of carbonyl (C=O) groups excluding carboxylic acids is 1. The normalized spacial score (nSPS) is 14.9. The van der Waals surface area contributed by atoms with Crippen molar-refractivity contribution in [1.29, 1.82) is 0 Å². The molecular weight excluding hydrogens is 514 g/mol. The Morgan fingerprint density at radius 2 is 1.89 bits per heavy atom. The number of hydrogen-bond acceptors (Lipinski definition) is 5. The topological polar surface area (TPSA) is 101 Å². The maximum atomic E-state index is 14.0. The number of fused-ring (bicyclic) bond motifs is 1. The lowest BCUT2D eigenvalue weighted by atomic mass is 10.1. The summed E-state index contributed by atoms with van der Waals surface area (Å²) in [6, 6.07) is 8.89. The second-order valence-corrected chi connectivity index (χ2v) is 10.2. The minimum Gasteiger partial charge on any atom is -0.345 e. The van der Waals surface area contributed by atoms with Crippen molar-refractivity contribution in [2.24, 2.45) is 0 Å². The molecule has 1 unspecified atom stereocenters. The first-order valence-corrected chi connectivity index (χ1v) is 12.6. The molecular formula is C24H19Cl2FN4O3S. The number of halogens is 3. The summed E-state index contributed by atoms with van der Waals surface area (Å²) in [7, 11) is -4.19. The lowest BCUT2D eigenvalue weighted by Gasteiger charge is -2.19. The Bertz CT molecular complexity index is 1510. The van der Waals surface area contributed by atoms with Gasteiger partial charge in [0.05, 0.1) is 17.1 Å². The first-order valence-electron chi connectivity index (χ1n) is 10.4. The standard InChI is InChI=1S/C24H19Cl2FN4O3S/c1-14(17-8-5-15(25)13-19(17)26)30-24(32)18-9-6-16(27)7-10-20(18)31-35(33,34)22-4-2-3-21-23(22)29-12-11-28-21/h2-9,11-14,31H,10H2,1H3,(H,30,32). The van der Waals surface area contributed by atoms with Crippen LogP contribution in [0.3, 0.4) is 0 Å². The van der Waals surface area contributed by atoms with E-state index in [0.29, 0.717) is 21.1 Å². The number of amides is 1. The zero-order valence-corrected chi connectivity index (χ0v) is 20.6. The molecule has 0 bridgehead atoms. The predicted molar refractivity (Wildman–Crippen MR) is 133 cm³/mol. The van der Waals surface area contributed by atoms with Crippen molar-refractivity contribution in [3.05, 3.63) is 99.7 Å². The summed E-state index contributed by atoms with van der Waals surface area (Å²) in [5, 5.41) is 3.59. The zero-order chi connectivity index (χ0) is 25.2. The molecule has 3 aromatic rings. The van der Waals surface area contributed by atoms with Gasteiger partial charge in [-0.05, 0) is 55.0 Å². The van der Waals surface area contributed by atoms with E-state index in [4.69, 9.17) is 23.2 Å². The second kappa shape index (κ2) is 10.2. The van der Waals surface area contributed by atoms with Crippen molar-refractivity contribution in [2.45, 2.75) is 24.3 Å². The molecule has 0 saturated carbocycles. The highest BCUT2D eigenvalue weighted by atomic mass is 35.5. The number of carbonyl (C=O) groups is 1. The molecule has 1 atom stereocenters. The van der Waals surface area contributed by atoms with Crippen LogP contribution < -0.4 is 10.0 Å². The fourth-order valence-corrected chi connectivity index (χ4v) is 5.42. The van der Waals surface area contributed by atoms with Gasteiger partial charge in [0.2, 0.25) is 0 Å². The molecule has 11 heteroatoms. The van der Waals surface area contributed by atoms with E-state index in [-0.39, 0.29) is 28.1 Å². The number of benzene rings is 2. The summed E-state index contributed by atoms with van der Waals surface area (Å²) in [5.74, 6) is -1.22. The SMILES string of the molecule is CC(NC(=O)C1=C(NS(=O)(=O)c2cccc3nccnc23)CC=C(F)C=C1)c1ccc(Cl)cc1Cl. The van der Waals surface area contributed by atoms with E-state index in [1.165, 1.54) is 36.7 Å². The number of para-hydroxylation sites is 1. The smallest absolute Gasteiger partial charge is 0.263 e. The number of rotatable bonds is 6. The Hall–Kier alpha value is -3.27. The van der Waals surface area contributed by atoms with Crippen LogP contribution in [-0.4, -0.2) is 24.3 Å². The molecule has 1 aliphatic rings. The Labute approximate surface area is 211 Å². The zero-order valence-electron chi connectivity index (χ0n) is 18.3. The van der Waals surface area contributed by atoms with E-state index in [0.717, 1.165) is 6.08 Å². The van der Waals surface area contributed by atoms with Gasteiger partial charge in [0.1, 0.15) is 16.2 Å². The van der Waals surface area contributed by atoms with Crippen LogP contribution in [0, 0.1) is 0 Å². The van der Waals surface area contributed by atoms with Crippen molar-refractivity contribution in [3.63, 3.8) is 0 Å². The summed E-state index contributed by atoms with van der Waals surface area (Å²) >= 11 is 12.2. The van der Waals surface area contributed by atoms with Crippen molar-refractivity contribution < 1.29 is 17.6 Å². The molecule has 1 aliphatic carbocycles. The third kappa shape index (κ3) is 5.53. The number of nitrogens with zero attached hydrogens (tertiary/aromatic N) is 2. The van der Waals surface area contributed by atoms with E-state index < -0.39 is 27.8 Å². The Balaban J connectivity index is 1.68. The highest BCUT2D eigenvalue weighted by Crippen LogP contribution is 2.27. The monoisotopic (exact) mass is 532 g/mol. The second-order valence-electron chi connectivity index (χ2n) is 7.67. The first kappa shape index (κ1) is 24.8. The van der Waals surface area contributed by atoms with Gasteiger partial charge in [-0.25, -0.2) is 12.8 Å². The summed E-state index contributed by atoms with van der Waals surface area (Å²) < 4.78 is 43.0. The van der Waals surface area contributed by atoms with Gasteiger partial charge in [0.15, 0.2) is 0 Å². The molecule has 0 saturated heterocycles. The van der Waals surface area contributed by atoms with Gasteiger partial charge in [0, 0.05) is 34.6 Å². The summed E-state index contributed by atoms with van der Waals surface area (Å²) in [6.07, 6.45) is 6.18. The van der Waals surface area contributed by atoms with Crippen molar-refractivity contribution in [1.82, 2.24) is 20.0 Å². The minimum absolute atomic E-state index is 0.00157. The van der Waals surface area contributed by atoms with E-state index in [1.54, 1.807) is 31.2 Å². The Kier molecular flexibility index (Phi) is 7.20. The fraction of sp³-hybridized carbons (Fsp3) is 0.125. The first-order chi connectivity index (χ1) is 16.7. The molecule has 1 heterocycles. The summed E-state index contributed by atoms with van der Waals surface area (Å²) in [6.45, 7) is 1.71. The maximum absolute atomic E-state index is 14.0. The summed E-state index contributed by atoms with van der Waals surface area (Å²) in [5.41, 5.74) is 1.14. The number of hydrogen-bond donors (Lipinski definition) is 2. The van der Waals surface area contributed by atoms with Crippen LogP contribution in [0.2, 0.25) is 10.0 Å². The van der Waals surface area contributed by atoms with Crippen LogP contribution in [0.25, 0.3) is 11.0 Å². The van der Waals surface area contributed by atoms with Crippen molar-refractivity contribution in [2.75, 3.05) is 0 Å². The van der Waals surface area contributed by atoms with E-state index >= 15 is 0 Å². The van der Waals surface area contributed by atoms with Crippen LogP contribution in [-0.2, 0) is 14.8 Å². The molecule has 4 rings (SSSR count). The Morgan fingerprint density at radius 3 is 2.66 bits per heavy atom. The highest BCUT2D eigenvalue weighted by molar-refractivity contribution is 7.89. The van der Waals surface area contributed by atoms with E-state index in [1.807, 2.05) is 0 Å². The van der Waals surface area contributed by atoms with Gasteiger partial charge in [-0.2, -0.15) is 0 Å². The number of sulfonamides is 1. The van der Waals surface area contributed by atoms with Crippen LogP contribution in [0.4, 0.5) is 4.39 Å². The molecule has 0 spiro atoms. The molecule has 0 fully saturated rings. The highest BCUT2D eigenvalue weighted by Gasteiger charge is 2.24. The van der Waals surface area contributed by atoms with Crippen LogP contribution in [0.1, 0.15) is 24.9 Å². The third-order valence-electron chi connectivity index (χ3n) is 5.27. The van der Waals surface area contributed by atoms with Gasteiger partial charge in [-0.1, -0.05) is 35.3 Å². The quantitative estimate of drug-likeness (QED) is 0.456. The van der Waals surface area contributed by atoms with Crippen LogP contribution in [0.15, 0.2) is 89.0 Å². The lowest BCUT2D eigenvalue weighted by Crippen LogP contribution is -2.32. The van der Waals surface area contributed by atoms with Gasteiger partial charge in [0.25, 0.3) is 15.9 Å². The molecule has 1 amide bonds. The van der Waals surface area contributed by atoms with Gasteiger partial charge < -0.3 is 5.32 Å². The third-order valence-corrected chi connectivity index (χ3v) is 7.25. The molecule has 0 aliphatic heterocycles. The van der Waals surface area contributed by atoms with Crippen molar-refractivity contribution in [3.8, 4) is 0 Å². The van der Waals surface area contributed by atoms with Crippen molar-refractivity contribution >= 4 is 50.2 Å². The molecule has 1 aromatic heterocycles. The number of allylic oxidation sites excluding steroid dienone is 3. The summed E-state index contributed by atoms with van der Waals surface area (Å²) in [4.78, 5) is 21.3. The average molecular weight is 533 g/mol. The number of nitrogens with one attached hydrogen (secondary N) is 2. The molecule has 35 heavy (non-hydrogen) atoms. The Morgan fingerprint density at radius 1 is 1.11 bits per heavy atom. The average Bonchev–Trinajstić information content (AvgIpc) is 2.99. The van der Waals surface area contributed by atoms with Gasteiger partial charge >= 0.3 is 0 Å². The van der Waals surface area contributed by atoms with E-state index in [9.17, 15) is 17.6 Å². The van der Waals surface area contributed by atoms with Crippen LogP contribution >= 0.6 is 23.2 Å². The maximum Gasteiger partial charge on any atom is 0.263 e. The number of aromatic nitrogens is 2. The molecule has 7 nitrogen and oxygen atoms in total.